The zero-order chi connectivity index (χ0) is 18.7. The second kappa shape index (κ2) is 7.61. The van der Waals surface area contributed by atoms with E-state index in [1.54, 1.807) is 23.6 Å². The molecule has 0 unspecified atom stereocenters. The summed E-state index contributed by atoms with van der Waals surface area (Å²) in [6, 6.07) is 12.5. The van der Waals surface area contributed by atoms with E-state index in [0.717, 1.165) is 11.1 Å². The summed E-state index contributed by atoms with van der Waals surface area (Å²) >= 11 is 5.28. The molecule has 26 heavy (non-hydrogen) atoms. The van der Waals surface area contributed by atoms with Gasteiger partial charge < -0.3 is 5.32 Å². The highest BCUT2D eigenvalue weighted by Gasteiger charge is 2.11. The van der Waals surface area contributed by atoms with E-state index in [0.29, 0.717) is 28.4 Å². The first kappa shape index (κ1) is 18.0. The first-order valence-corrected chi connectivity index (χ1v) is 8.63. The summed E-state index contributed by atoms with van der Waals surface area (Å²) in [5.41, 5.74) is 3.05. The molecule has 0 bridgehead atoms. The Morgan fingerprint density at radius 1 is 1.23 bits per heavy atom. The normalized spacial score (nSPS) is 10.7. The summed E-state index contributed by atoms with van der Waals surface area (Å²) < 4.78 is 15.8. The average Bonchev–Trinajstić information content (AvgIpc) is 2.98. The van der Waals surface area contributed by atoms with Gasteiger partial charge >= 0.3 is 0 Å². The number of H-pyrrole nitrogens is 1. The molecule has 0 fully saturated rings. The van der Waals surface area contributed by atoms with Crippen LogP contribution in [0.2, 0.25) is 0 Å². The lowest BCUT2D eigenvalue weighted by Gasteiger charge is -2.09. The first-order chi connectivity index (χ1) is 12.4. The molecule has 0 saturated heterocycles. The molecule has 3 aromatic rings. The number of hydrogen-bond acceptors (Lipinski definition) is 3. The number of aromatic amines is 1. The van der Waals surface area contributed by atoms with E-state index in [1.165, 1.54) is 6.07 Å². The molecule has 0 atom stereocenters. The van der Waals surface area contributed by atoms with Crippen LogP contribution in [0.1, 0.15) is 17.5 Å². The fourth-order valence-corrected chi connectivity index (χ4v) is 2.78. The van der Waals surface area contributed by atoms with E-state index < -0.39 is 0 Å². The maximum Gasteiger partial charge on any atom is 0.226 e. The Labute approximate surface area is 155 Å². The number of aryl methyl sites for hydroxylation is 2. The number of amides is 1. The van der Waals surface area contributed by atoms with Crippen LogP contribution >= 0.6 is 12.2 Å². The molecule has 2 N–H and O–H groups in total. The van der Waals surface area contributed by atoms with Crippen molar-refractivity contribution in [2.24, 2.45) is 0 Å². The van der Waals surface area contributed by atoms with Gasteiger partial charge in [-0.3, -0.25) is 14.5 Å². The highest BCUT2D eigenvalue weighted by Crippen LogP contribution is 2.19. The molecule has 5 nitrogen and oxygen atoms in total. The minimum absolute atomic E-state index is 0.197. The number of rotatable bonds is 5. The van der Waals surface area contributed by atoms with Crippen molar-refractivity contribution >= 4 is 23.8 Å². The largest absolute Gasteiger partial charge is 0.326 e. The predicted molar refractivity (Wildman–Crippen MR) is 102 cm³/mol. The van der Waals surface area contributed by atoms with Gasteiger partial charge in [-0.05, 0) is 43.8 Å². The third-order valence-electron chi connectivity index (χ3n) is 4.09. The van der Waals surface area contributed by atoms with Gasteiger partial charge in [0, 0.05) is 24.2 Å². The Hall–Kier alpha value is -2.80. The second-order valence-corrected chi connectivity index (χ2v) is 6.52. The Balaban J connectivity index is 1.70. The number of aromatic nitrogens is 3. The van der Waals surface area contributed by atoms with Gasteiger partial charge in [0.15, 0.2) is 10.6 Å². The molecule has 0 spiro atoms. The van der Waals surface area contributed by atoms with Gasteiger partial charge in [-0.25, -0.2) is 4.39 Å². The molecule has 3 rings (SSSR count). The van der Waals surface area contributed by atoms with Crippen LogP contribution in [0.3, 0.4) is 0 Å². The summed E-state index contributed by atoms with van der Waals surface area (Å²) in [5, 5.41) is 9.74. The van der Waals surface area contributed by atoms with Crippen molar-refractivity contribution in [1.82, 2.24) is 14.8 Å². The number of carbonyl (C=O) groups is 1. The average molecular weight is 370 g/mol. The number of halogens is 1. The lowest BCUT2D eigenvalue weighted by Crippen LogP contribution is -2.15. The maximum atomic E-state index is 13.6. The zero-order valence-corrected chi connectivity index (χ0v) is 15.4. The van der Waals surface area contributed by atoms with Gasteiger partial charge in [0.05, 0.1) is 0 Å². The lowest BCUT2D eigenvalue weighted by atomic mass is 10.1. The zero-order valence-electron chi connectivity index (χ0n) is 14.5. The molecule has 0 saturated carbocycles. The van der Waals surface area contributed by atoms with Crippen LogP contribution in [0.15, 0.2) is 42.5 Å². The molecule has 1 aromatic heterocycles. The third kappa shape index (κ3) is 4.05. The smallest absolute Gasteiger partial charge is 0.226 e. The van der Waals surface area contributed by atoms with Crippen molar-refractivity contribution < 1.29 is 9.18 Å². The molecule has 1 heterocycles. The second-order valence-electron chi connectivity index (χ2n) is 6.13. The van der Waals surface area contributed by atoms with Crippen LogP contribution in [-0.2, 0) is 11.3 Å². The Kier molecular flexibility index (Phi) is 5.27. The highest BCUT2D eigenvalue weighted by atomic mass is 32.1. The van der Waals surface area contributed by atoms with Gasteiger partial charge in [-0.15, -0.1) is 0 Å². The molecule has 7 heteroatoms. The molecule has 0 aliphatic carbocycles. The first-order valence-electron chi connectivity index (χ1n) is 8.22. The molecular weight excluding hydrogens is 351 g/mol. The fourth-order valence-electron chi connectivity index (χ4n) is 2.56. The Morgan fingerprint density at radius 2 is 1.96 bits per heavy atom. The molecule has 0 radical (unpaired) electrons. The summed E-state index contributed by atoms with van der Waals surface area (Å²) in [5.74, 6) is 0.122. The topological polar surface area (TPSA) is 62.7 Å². The molecular formula is C19H19FN4OS. The Morgan fingerprint density at radius 3 is 2.65 bits per heavy atom. The van der Waals surface area contributed by atoms with Crippen molar-refractivity contribution in [3.63, 3.8) is 0 Å². The van der Waals surface area contributed by atoms with Crippen LogP contribution in [0.25, 0.3) is 11.4 Å². The molecule has 0 aliphatic rings. The summed E-state index contributed by atoms with van der Waals surface area (Å²) in [4.78, 5) is 12.2. The third-order valence-corrected chi connectivity index (χ3v) is 4.40. The summed E-state index contributed by atoms with van der Waals surface area (Å²) in [6.07, 6.45) is 0.197. The number of nitrogens with one attached hydrogen (secondary N) is 2. The van der Waals surface area contributed by atoms with Crippen molar-refractivity contribution in [3.05, 3.63) is 64.2 Å². The van der Waals surface area contributed by atoms with E-state index >= 15 is 0 Å². The van der Waals surface area contributed by atoms with Crippen molar-refractivity contribution in [1.29, 1.82) is 0 Å². The van der Waals surface area contributed by atoms with Gasteiger partial charge in [0.25, 0.3) is 0 Å². The Bertz CT molecular complexity index is 992. The lowest BCUT2D eigenvalue weighted by molar-refractivity contribution is -0.116. The van der Waals surface area contributed by atoms with E-state index in [-0.39, 0.29) is 18.1 Å². The monoisotopic (exact) mass is 370 g/mol. The minimum atomic E-state index is -0.346. The van der Waals surface area contributed by atoms with Crippen LogP contribution in [0, 0.1) is 24.4 Å². The maximum absolute atomic E-state index is 13.6. The molecule has 0 aliphatic heterocycles. The van der Waals surface area contributed by atoms with Crippen LogP contribution in [-0.4, -0.2) is 20.7 Å². The quantitative estimate of drug-likeness (QED) is 0.655. The SMILES string of the molecule is Cc1ccc(-c2n[nH]c(=S)n2CCC(=O)Nc2ccc(C)c(F)c2)cc1. The van der Waals surface area contributed by atoms with E-state index in [1.807, 2.05) is 31.2 Å². The minimum Gasteiger partial charge on any atom is -0.326 e. The summed E-state index contributed by atoms with van der Waals surface area (Å²) in [6.45, 7) is 4.06. The number of carbonyl (C=O) groups excluding carboxylic acids is 1. The fraction of sp³-hybridized carbons (Fsp3) is 0.211. The van der Waals surface area contributed by atoms with Crippen molar-refractivity contribution in [3.8, 4) is 11.4 Å². The molecule has 1 amide bonds. The highest BCUT2D eigenvalue weighted by molar-refractivity contribution is 7.71. The van der Waals surface area contributed by atoms with E-state index in [2.05, 4.69) is 15.5 Å². The number of anilines is 1. The van der Waals surface area contributed by atoms with Crippen LogP contribution in [0.5, 0.6) is 0 Å². The van der Waals surface area contributed by atoms with Crippen LogP contribution in [0.4, 0.5) is 10.1 Å². The van der Waals surface area contributed by atoms with Crippen LogP contribution < -0.4 is 5.32 Å². The molecule has 134 valence electrons. The van der Waals surface area contributed by atoms with E-state index in [9.17, 15) is 9.18 Å². The standard InChI is InChI=1S/C19H19FN4OS/c1-12-3-6-14(7-4-12)18-22-23-19(26)24(18)10-9-17(25)21-15-8-5-13(2)16(20)11-15/h3-8,11H,9-10H2,1-2H3,(H,21,25)(H,23,26). The van der Waals surface area contributed by atoms with Gasteiger partial charge in [-0.1, -0.05) is 35.9 Å². The van der Waals surface area contributed by atoms with Gasteiger partial charge in [0.1, 0.15) is 5.82 Å². The molecule has 2 aromatic carbocycles. The van der Waals surface area contributed by atoms with Crippen molar-refractivity contribution in [2.75, 3.05) is 5.32 Å². The van der Waals surface area contributed by atoms with Gasteiger partial charge in [-0.2, -0.15) is 5.10 Å². The number of benzene rings is 2. The summed E-state index contributed by atoms with van der Waals surface area (Å²) in [7, 11) is 0. The van der Waals surface area contributed by atoms with Crippen molar-refractivity contribution in [2.45, 2.75) is 26.8 Å². The van der Waals surface area contributed by atoms with Gasteiger partial charge in [0.2, 0.25) is 5.91 Å². The number of hydrogen-bond donors (Lipinski definition) is 2. The number of nitrogens with zero attached hydrogens (tertiary/aromatic N) is 2. The van der Waals surface area contributed by atoms with E-state index in [4.69, 9.17) is 12.2 Å². The predicted octanol–water partition coefficient (Wildman–Crippen LogP) is 4.39.